The number of hydrogen-bond acceptors (Lipinski definition) is 0. The van der Waals surface area contributed by atoms with E-state index in [4.69, 9.17) is 0 Å². The number of nitrogens with zero attached hydrogens (tertiary/aromatic N) is 2. The van der Waals surface area contributed by atoms with Crippen LogP contribution in [0.1, 0.15) is 11.1 Å². The van der Waals surface area contributed by atoms with Gasteiger partial charge < -0.3 is 9.13 Å². The molecule has 0 aliphatic heterocycles. The van der Waals surface area contributed by atoms with Gasteiger partial charge >= 0.3 is 0 Å². The van der Waals surface area contributed by atoms with Crippen molar-refractivity contribution in [3.05, 3.63) is 193 Å². The van der Waals surface area contributed by atoms with Crippen molar-refractivity contribution >= 4 is 43.6 Å². The fourth-order valence-electron chi connectivity index (χ4n) is 8.10. The fraction of sp³-hybridized carbons (Fsp3) is 0.0400. The zero-order valence-electron chi connectivity index (χ0n) is 29.2. The third-order valence-electron chi connectivity index (χ3n) is 10.6. The van der Waals surface area contributed by atoms with E-state index in [1.54, 1.807) is 0 Å². The molecule has 10 rings (SSSR count). The summed E-state index contributed by atoms with van der Waals surface area (Å²) in [5.41, 5.74) is 17.0. The molecule has 0 amide bonds. The van der Waals surface area contributed by atoms with Gasteiger partial charge in [-0.1, -0.05) is 120 Å². The molecule has 2 heterocycles. The highest BCUT2D eigenvalue weighted by atomic mass is 15.0. The molecule has 52 heavy (non-hydrogen) atoms. The Morgan fingerprint density at radius 1 is 0.269 bits per heavy atom. The summed E-state index contributed by atoms with van der Waals surface area (Å²) in [4.78, 5) is 0. The molecule has 0 atom stereocenters. The number of aromatic nitrogens is 2. The Morgan fingerprint density at radius 3 is 1.04 bits per heavy atom. The van der Waals surface area contributed by atoms with Gasteiger partial charge in [0, 0.05) is 32.9 Å². The molecule has 0 saturated carbocycles. The number of rotatable bonds is 5. The Kier molecular flexibility index (Phi) is 6.97. The summed E-state index contributed by atoms with van der Waals surface area (Å²) in [7, 11) is 0. The molecule has 246 valence electrons. The van der Waals surface area contributed by atoms with Crippen molar-refractivity contribution in [1.29, 1.82) is 0 Å². The highest BCUT2D eigenvalue weighted by Gasteiger charge is 2.17. The third kappa shape index (κ3) is 4.95. The molecule has 0 bridgehead atoms. The monoisotopic (exact) mass is 664 g/mol. The molecule has 2 aromatic heterocycles. The van der Waals surface area contributed by atoms with Gasteiger partial charge in [0.05, 0.1) is 22.1 Å². The van der Waals surface area contributed by atoms with Crippen LogP contribution in [-0.4, -0.2) is 9.13 Å². The van der Waals surface area contributed by atoms with E-state index in [1.165, 1.54) is 99.5 Å². The molecule has 0 aliphatic carbocycles. The van der Waals surface area contributed by atoms with Crippen LogP contribution in [0.2, 0.25) is 0 Å². The topological polar surface area (TPSA) is 9.86 Å². The van der Waals surface area contributed by atoms with E-state index in [9.17, 15) is 0 Å². The number of aryl methyl sites for hydroxylation is 2. The minimum atomic E-state index is 1.17. The van der Waals surface area contributed by atoms with Crippen molar-refractivity contribution in [2.75, 3.05) is 0 Å². The van der Waals surface area contributed by atoms with Crippen LogP contribution in [0.5, 0.6) is 0 Å². The summed E-state index contributed by atoms with van der Waals surface area (Å²) >= 11 is 0. The molecular formula is C50H36N2. The number of fused-ring (bicyclic) bond motifs is 6. The van der Waals surface area contributed by atoms with Gasteiger partial charge in [-0.25, -0.2) is 0 Å². The molecule has 0 radical (unpaired) electrons. The maximum absolute atomic E-state index is 2.42. The molecule has 8 aromatic carbocycles. The van der Waals surface area contributed by atoms with Crippen LogP contribution in [0.15, 0.2) is 182 Å². The van der Waals surface area contributed by atoms with Gasteiger partial charge in [0.25, 0.3) is 0 Å². The van der Waals surface area contributed by atoms with Crippen molar-refractivity contribution in [2.24, 2.45) is 0 Å². The minimum Gasteiger partial charge on any atom is -0.309 e. The summed E-state index contributed by atoms with van der Waals surface area (Å²) in [6.45, 7) is 4.37. The molecule has 0 aliphatic rings. The van der Waals surface area contributed by atoms with E-state index < -0.39 is 0 Å². The molecule has 0 spiro atoms. The molecular weight excluding hydrogens is 629 g/mol. The minimum absolute atomic E-state index is 1.17. The van der Waals surface area contributed by atoms with Gasteiger partial charge in [0.1, 0.15) is 0 Å². The molecule has 10 aromatic rings. The van der Waals surface area contributed by atoms with Gasteiger partial charge in [0.15, 0.2) is 0 Å². The molecule has 0 saturated heterocycles. The van der Waals surface area contributed by atoms with E-state index in [1.807, 2.05) is 0 Å². The summed E-state index contributed by atoms with van der Waals surface area (Å²) in [6.07, 6.45) is 0. The largest absolute Gasteiger partial charge is 0.309 e. The van der Waals surface area contributed by atoms with Gasteiger partial charge in [-0.2, -0.15) is 0 Å². The van der Waals surface area contributed by atoms with Crippen LogP contribution in [0.3, 0.4) is 0 Å². The molecule has 0 fully saturated rings. The summed E-state index contributed by atoms with van der Waals surface area (Å²) in [6, 6.07) is 66.7. The van der Waals surface area contributed by atoms with Gasteiger partial charge in [-0.05, 0) is 120 Å². The van der Waals surface area contributed by atoms with E-state index in [-0.39, 0.29) is 0 Å². The average molecular weight is 665 g/mol. The Balaban J connectivity index is 1.14. The zero-order chi connectivity index (χ0) is 34.8. The SMILES string of the molecule is Cc1ccc2c(c1)c1cc(-c3ccc4c(c3)c3cc(C)ccc3n4-c3cccc(-c4ccccc4)c3)ccc1n2-c1cccc(-c2ccccc2)c1. The van der Waals surface area contributed by atoms with Crippen LogP contribution < -0.4 is 0 Å². The van der Waals surface area contributed by atoms with E-state index in [2.05, 4.69) is 205 Å². The fourth-order valence-corrected chi connectivity index (χ4v) is 8.10. The van der Waals surface area contributed by atoms with Crippen molar-refractivity contribution in [3.8, 4) is 44.8 Å². The Hall–Kier alpha value is -6.64. The number of hydrogen-bond donors (Lipinski definition) is 0. The Labute approximate surface area is 303 Å². The lowest BCUT2D eigenvalue weighted by Gasteiger charge is -2.11. The first-order chi connectivity index (χ1) is 25.6. The lowest BCUT2D eigenvalue weighted by Crippen LogP contribution is -1.94. The quantitative estimate of drug-likeness (QED) is 0.173. The lowest BCUT2D eigenvalue weighted by molar-refractivity contribution is 1.18. The second-order valence-electron chi connectivity index (χ2n) is 14.0. The Bertz CT molecular complexity index is 2760. The van der Waals surface area contributed by atoms with Crippen molar-refractivity contribution in [1.82, 2.24) is 9.13 Å². The van der Waals surface area contributed by atoms with Gasteiger partial charge in [0.2, 0.25) is 0 Å². The predicted octanol–water partition coefficient (Wildman–Crippen LogP) is 13.5. The highest BCUT2D eigenvalue weighted by molar-refractivity contribution is 6.13. The molecule has 0 unspecified atom stereocenters. The van der Waals surface area contributed by atoms with E-state index in [0.29, 0.717) is 0 Å². The number of benzene rings is 8. The zero-order valence-corrected chi connectivity index (χ0v) is 29.2. The summed E-state index contributed by atoms with van der Waals surface area (Å²) < 4.78 is 4.84. The smallest absolute Gasteiger partial charge is 0.0541 e. The third-order valence-corrected chi connectivity index (χ3v) is 10.6. The standard InChI is InChI=1S/C50H36N2/c1-33-19-23-47-43(27-33)45-31-39(21-25-49(45)51(47)41-17-9-15-37(29-41)35-11-5-3-6-12-35)40-22-26-50-46(32-40)44-28-34(2)20-24-48(44)52(50)42-18-10-16-38(30-42)36-13-7-4-8-14-36/h3-32H,1-2H3. The van der Waals surface area contributed by atoms with Crippen molar-refractivity contribution < 1.29 is 0 Å². The van der Waals surface area contributed by atoms with E-state index >= 15 is 0 Å². The van der Waals surface area contributed by atoms with Crippen LogP contribution in [0, 0.1) is 13.8 Å². The van der Waals surface area contributed by atoms with Crippen LogP contribution in [0.25, 0.3) is 88.4 Å². The average Bonchev–Trinajstić information content (AvgIpc) is 3.70. The first-order valence-corrected chi connectivity index (χ1v) is 18.0. The molecule has 0 N–H and O–H groups in total. The molecule has 2 heteroatoms. The van der Waals surface area contributed by atoms with Gasteiger partial charge in [-0.15, -0.1) is 0 Å². The second kappa shape index (κ2) is 12.0. The second-order valence-corrected chi connectivity index (χ2v) is 14.0. The van der Waals surface area contributed by atoms with Crippen molar-refractivity contribution in [3.63, 3.8) is 0 Å². The predicted molar refractivity (Wildman–Crippen MR) is 221 cm³/mol. The summed E-state index contributed by atoms with van der Waals surface area (Å²) in [5.74, 6) is 0. The normalized spacial score (nSPS) is 11.7. The first kappa shape index (κ1) is 30.2. The maximum atomic E-state index is 2.42. The van der Waals surface area contributed by atoms with Crippen LogP contribution in [-0.2, 0) is 0 Å². The van der Waals surface area contributed by atoms with Crippen molar-refractivity contribution in [2.45, 2.75) is 13.8 Å². The van der Waals surface area contributed by atoms with E-state index in [0.717, 1.165) is 0 Å². The first-order valence-electron chi connectivity index (χ1n) is 18.0. The maximum Gasteiger partial charge on any atom is 0.0541 e. The highest BCUT2D eigenvalue weighted by Crippen LogP contribution is 2.39. The van der Waals surface area contributed by atoms with Gasteiger partial charge in [-0.3, -0.25) is 0 Å². The lowest BCUT2D eigenvalue weighted by atomic mass is 10.00. The van der Waals surface area contributed by atoms with Crippen LogP contribution >= 0.6 is 0 Å². The Morgan fingerprint density at radius 2 is 0.615 bits per heavy atom. The van der Waals surface area contributed by atoms with Crippen LogP contribution in [0.4, 0.5) is 0 Å². The molecule has 2 nitrogen and oxygen atoms in total. The summed E-state index contributed by atoms with van der Waals surface area (Å²) in [5, 5.41) is 5.07.